The van der Waals surface area contributed by atoms with Gasteiger partial charge in [0.1, 0.15) is 0 Å². The van der Waals surface area contributed by atoms with Gasteiger partial charge < -0.3 is 15.1 Å². The molecule has 0 bridgehead atoms. The maximum Gasteiger partial charge on any atom is 0.416 e. The number of hydrogen-bond acceptors (Lipinski definition) is 5. The Bertz CT molecular complexity index is 1030. The molecular formula is C21H19F3N6O. The van der Waals surface area contributed by atoms with Gasteiger partial charge in [-0.15, -0.1) is 10.2 Å². The molecule has 0 spiro atoms. The minimum absolute atomic E-state index is 0.111. The summed E-state index contributed by atoms with van der Waals surface area (Å²) in [5.41, 5.74) is 0.971. The van der Waals surface area contributed by atoms with Crippen molar-refractivity contribution in [1.82, 2.24) is 20.1 Å². The summed E-state index contributed by atoms with van der Waals surface area (Å²) in [6.07, 6.45) is -1.08. The van der Waals surface area contributed by atoms with Crippen molar-refractivity contribution in [2.45, 2.75) is 6.18 Å². The summed E-state index contributed by atoms with van der Waals surface area (Å²) in [6, 6.07) is 11.6. The summed E-state index contributed by atoms with van der Waals surface area (Å²) in [6.45, 7) is 1.91. The zero-order valence-corrected chi connectivity index (χ0v) is 16.4. The first-order valence-electron chi connectivity index (χ1n) is 9.62. The van der Waals surface area contributed by atoms with Crippen molar-refractivity contribution in [3.05, 3.63) is 66.5 Å². The number of benzene rings is 1. The molecule has 0 aliphatic carbocycles. The molecule has 0 radical (unpaired) electrons. The summed E-state index contributed by atoms with van der Waals surface area (Å²) in [7, 11) is 0. The van der Waals surface area contributed by atoms with Crippen LogP contribution in [0.2, 0.25) is 0 Å². The quantitative estimate of drug-likeness (QED) is 0.685. The van der Waals surface area contributed by atoms with Crippen LogP contribution in [0.4, 0.5) is 29.5 Å². The molecule has 160 valence electrons. The topological polar surface area (TPSA) is 74.2 Å². The molecule has 2 amide bonds. The van der Waals surface area contributed by atoms with Crippen molar-refractivity contribution in [2.75, 3.05) is 36.4 Å². The predicted molar refractivity (Wildman–Crippen MR) is 110 cm³/mol. The monoisotopic (exact) mass is 428 g/mol. The fourth-order valence-electron chi connectivity index (χ4n) is 3.28. The lowest BCUT2D eigenvalue weighted by Gasteiger charge is -2.35. The van der Waals surface area contributed by atoms with E-state index in [1.54, 1.807) is 17.3 Å². The van der Waals surface area contributed by atoms with Gasteiger partial charge in [0.15, 0.2) is 5.82 Å². The highest BCUT2D eigenvalue weighted by Gasteiger charge is 2.30. The minimum Gasteiger partial charge on any atom is -0.352 e. The van der Waals surface area contributed by atoms with Gasteiger partial charge in [-0.05, 0) is 42.5 Å². The number of anilines is 2. The molecule has 1 aliphatic heterocycles. The molecular weight excluding hydrogens is 409 g/mol. The molecule has 3 aromatic rings. The zero-order valence-electron chi connectivity index (χ0n) is 16.4. The number of urea groups is 1. The highest BCUT2D eigenvalue weighted by Crippen LogP contribution is 2.30. The molecule has 1 saturated heterocycles. The molecule has 2 aromatic heterocycles. The molecule has 10 heteroatoms. The van der Waals surface area contributed by atoms with Gasteiger partial charge in [0.05, 0.1) is 11.3 Å². The first kappa shape index (κ1) is 20.6. The maximum atomic E-state index is 12.8. The van der Waals surface area contributed by atoms with Crippen molar-refractivity contribution < 1.29 is 18.0 Å². The van der Waals surface area contributed by atoms with Crippen LogP contribution in [0.1, 0.15) is 5.56 Å². The summed E-state index contributed by atoms with van der Waals surface area (Å²) in [5.74, 6) is 0.704. The lowest BCUT2D eigenvalue weighted by molar-refractivity contribution is -0.137. The van der Waals surface area contributed by atoms with E-state index in [1.807, 2.05) is 29.2 Å². The Labute approximate surface area is 176 Å². The molecule has 1 aromatic carbocycles. The van der Waals surface area contributed by atoms with E-state index in [0.29, 0.717) is 32.0 Å². The van der Waals surface area contributed by atoms with Crippen LogP contribution >= 0.6 is 0 Å². The van der Waals surface area contributed by atoms with Crippen LogP contribution in [-0.2, 0) is 6.18 Å². The normalized spacial score (nSPS) is 14.4. The highest BCUT2D eigenvalue weighted by atomic mass is 19.4. The SMILES string of the molecule is O=C(Nc1cccc(C(F)(F)F)c1)N1CCN(c2ccc(-c3ccncc3)nn2)CC1. The number of nitrogens with one attached hydrogen (secondary N) is 1. The van der Waals surface area contributed by atoms with E-state index in [0.717, 1.165) is 23.4 Å². The van der Waals surface area contributed by atoms with Gasteiger partial charge >= 0.3 is 12.2 Å². The third-order valence-corrected chi connectivity index (χ3v) is 4.96. The second-order valence-electron chi connectivity index (χ2n) is 7.00. The average Bonchev–Trinajstić information content (AvgIpc) is 2.79. The van der Waals surface area contributed by atoms with Crippen LogP contribution in [-0.4, -0.2) is 52.3 Å². The standard InChI is InChI=1S/C21H19F3N6O/c22-21(23,24)16-2-1-3-17(14-16)26-20(31)30-12-10-29(11-13-30)19-5-4-18(27-28-19)15-6-8-25-9-7-15/h1-9,14H,10-13H2,(H,26,31). The van der Waals surface area contributed by atoms with Crippen molar-refractivity contribution in [3.63, 3.8) is 0 Å². The third-order valence-electron chi connectivity index (χ3n) is 4.96. The fourth-order valence-corrected chi connectivity index (χ4v) is 3.28. The Hall–Kier alpha value is -3.69. The van der Waals surface area contributed by atoms with Crippen molar-refractivity contribution in [2.24, 2.45) is 0 Å². The van der Waals surface area contributed by atoms with Crippen LogP contribution < -0.4 is 10.2 Å². The molecule has 31 heavy (non-hydrogen) atoms. The summed E-state index contributed by atoms with van der Waals surface area (Å²) in [5, 5.41) is 11.1. The van der Waals surface area contributed by atoms with Crippen LogP contribution in [0, 0.1) is 0 Å². The molecule has 7 nitrogen and oxygen atoms in total. The van der Waals surface area contributed by atoms with E-state index in [-0.39, 0.29) is 5.69 Å². The van der Waals surface area contributed by atoms with E-state index in [9.17, 15) is 18.0 Å². The van der Waals surface area contributed by atoms with E-state index < -0.39 is 17.8 Å². The molecule has 0 atom stereocenters. The number of carbonyl (C=O) groups is 1. The Morgan fingerprint density at radius 2 is 1.68 bits per heavy atom. The largest absolute Gasteiger partial charge is 0.416 e. The maximum absolute atomic E-state index is 12.8. The van der Waals surface area contributed by atoms with Gasteiger partial charge in [0.25, 0.3) is 0 Å². The molecule has 1 fully saturated rings. The smallest absolute Gasteiger partial charge is 0.352 e. The first-order valence-corrected chi connectivity index (χ1v) is 9.62. The Kier molecular flexibility index (Phi) is 5.70. The Balaban J connectivity index is 1.34. The average molecular weight is 428 g/mol. The van der Waals surface area contributed by atoms with E-state index in [1.165, 1.54) is 12.1 Å². The van der Waals surface area contributed by atoms with Crippen molar-refractivity contribution in [3.8, 4) is 11.3 Å². The number of carbonyl (C=O) groups excluding carboxylic acids is 1. The summed E-state index contributed by atoms with van der Waals surface area (Å²) in [4.78, 5) is 20.0. The molecule has 3 heterocycles. The van der Waals surface area contributed by atoms with Gasteiger partial charge in [0.2, 0.25) is 0 Å². The lowest BCUT2D eigenvalue weighted by Crippen LogP contribution is -2.50. The highest BCUT2D eigenvalue weighted by molar-refractivity contribution is 5.89. The zero-order chi connectivity index (χ0) is 21.8. The summed E-state index contributed by atoms with van der Waals surface area (Å²) < 4.78 is 38.5. The molecule has 1 aliphatic rings. The van der Waals surface area contributed by atoms with Gasteiger partial charge in [-0.1, -0.05) is 6.07 Å². The number of piperazine rings is 1. The molecule has 0 unspecified atom stereocenters. The predicted octanol–water partition coefficient (Wildman–Crippen LogP) is 3.91. The van der Waals surface area contributed by atoms with Crippen LogP contribution in [0.15, 0.2) is 60.9 Å². The lowest BCUT2D eigenvalue weighted by atomic mass is 10.2. The summed E-state index contributed by atoms with van der Waals surface area (Å²) >= 11 is 0. The number of rotatable bonds is 3. The number of pyridine rings is 1. The van der Waals surface area contributed by atoms with Crippen LogP contribution in [0.3, 0.4) is 0 Å². The van der Waals surface area contributed by atoms with E-state index in [4.69, 9.17) is 0 Å². The Morgan fingerprint density at radius 1 is 0.935 bits per heavy atom. The number of halogens is 3. The van der Waals surface area contributed by atoms with Gasteiger partial charge in [-0.2, -0.15) is 13.2 Å². The molecule has 1 N–H and O–H groups in total. The van der Waals surface area contributed by atoms with Gasteiger partial charge in [-0.3, -0.25) is 4.98 Å². The van der Waals surface area contributed by atoms with Gasteiger partial charge in [-0.25, -0.2) is 4.79 Å². The third kappa shape index (κ3) is 4.90. The van der Waals surface area contributed by atoms with Gasteiger partial charge in [0, 0.05) is 49.8 Å². The second-order valence-corrected chi connectivity index (χ2v) is 7.00. The minimum atomic E-state index is -4.46. The van der Waals surface area contributed by atoms with E-state index in [2.05, 4.69) is 20.5 Å². The second kappa shape index (κ2) is 8.58. The number of aromatic nitrogens is 3. The number of nitrogens with zero attached hydrogens (tertiary/aromatic N) is 5. The first-order chi connectivity index (χ1) is 14.9. The molecule has 4 rings (SSSR count). The van der Waals surface area contributed by atoms with E-state index >= 15 is 0 Å². The van der Waals surface area contributed by atoms with Crippen molar-refractivity contribution in [1.29, 1.82) is 0 Å². The number of alkyl halides is 3. The fraction of sp³-hybridized carbons (Fsp3) is 0.238. The number of hydrogen-bond donors (Lipinski definition) is 1. The number of amides is 2. The molecule has 0 saturated carbocycles. The van der Waals surface area contributed by atoms with Crippen LogP contribution in [0.25, 0.3) is 11.3 Å². The van der Waals surface area contributed by atoms with Crippen LogP contribution in [0.5, 0.6) is 0 Å². The Morgan fingerprint density at radius 3 is 2.32 bits per heavy atom. The van der Waals surface area contributed by atoms with Crippen molar-refractivity contribution >= 4 is 17.5 Å².